The van der Waals surface area contributed by atoms with Crippen molar-refractivity contribution < 1.29 is 0 Å². The summed E-state index contributed by atoms with van der Waals surface area (Å²) < 4.78 is 0. The van der Waals surface area contributed by atoms with E-state index in [2.05, 4.69) is 157 Å². The number of rotatable bonds is 5. The van der Waals surface area contributed by atoms with Crippen molar-refractivity contribution in [2.45, 2.75) is 0 Å². The number of nitrogens with zero attached hydrogens (tertiary/aromatic N) is 3. The highest BCUT2D eigenvalue weighted by molar-refractivity contribution is 6.13. The second kappa shape index (κ2) is 11.7. The van der Waals surface area contributed by atoms with Crippen LogP contribution in [0.15, 0.2) is 176 Å². The first kappa shape index (κ1) is 27.8. The summed E-state index contributed by atoms with van der Waals surface area (Å²) in [6, 6.07) is 55.7. The van der Waals surface area contributed by atoms with E-state index >= 15 is 0 Å². The molecule has 0 unspecified atom stereocenters. The Kier molecular flexibility index (Phi) is 6.80. The van der Waals surface area contributed by atoms with Gasteiger partial charge in [-0.25, -0.2) is 9.97 Å². The topological polar surface area (TPSA) is 38.7 Å². The molecule has 48 heavy (non-hydrogen) atoms. The van der Waals surface area contributed by atoms with E-state index in [1.165, 1.54) is 32.5 Å². The molecule has 0 aliphatic rings. The maximum absolute atomic E-state index is 5.42. The van der Waals surface area contributed by atoms with Crippen LogP contribution in [0, 0.1) is 0 Å². The second-order valence-electron chi connectivity index (χ2n) is 12.1. The van der Waals surface area contributed by atoms with Crippen molar-refractivity contribution >= 4 is 32.3 Å². The molecule has 9 aromatic rings. The Hall–Kier alpha value is -6.45. The molecule has 0 bridgehead atoms. The monoisotopic (exact) mass is 611 g/mol. The zero-order valence-corrected chi connectivity index (χ0v) is 26.1. The number of aromatic nitrogens is 3. The minimum atomic E-state index is 0.703. The first-order chi connectivity index (χ1) is 23.8. The fourth-order valence-corrected chi connectivity index (χ4v) is 6.89. The molecule has 3 nitrogen and oxygen atoms in total. The van der Waals surface area contributed by atoms with E-state index in [9.17, 15) is 0 Å². The van der Waals surface area contributed by atoms with Crippen LogP contribution < -0.4 is 0 Å². The molecule has 0 N–H and O–H groups in total. The lowest BCUT2D eigenvalue weighted by molar-refractivity contribution is 1.19. The van der Waals surface area contributed by atoms with Crippen LogP contribution in [0.3, 0.4) is 0 Å². The lowest BCUT2D eigenvalue weighted by atomic mass is 9.93. The predicted molar refractivity (Wildman–Crippen MR) is 200 cm³/mol. The maximum Gasteiger partial charge on any atom is 0.160 e. The third kappa shape index (κ3) is 4.90. The van der Waals surface area contributed by atoms with Gasteiger partial charge >= 0.3 is 0 Å². The van der Waals surface area contributed by atoms with Gasteiger partial charge in [0.05, 0.1) is 5.69 Å². The lowest BCUT2D eigenvalue weighted by Gasteiger charge is -2.15. The third-order valence-electron chi connectivity index (χ3n) is 9.20. The van der Waals surface area contributed by atoms with Crippen LogP contribution in [0.1, 0.15) is 0 Å². The molecule has 0 aliphatic carbocycles. The number of pyridine rings is 1. The first-order valence-electron chi connectivity index (χ1n) is 16.2. The summed E-state index contributed by atoms with van der Waals surface area (Å²) in [4.78, 5) is 14.8. The summed E-state index contributed by atoms with van der Waals surface area (Å²) in [5.41, 5.74) is 9.49. The molecule has 0 spiro atoms. The number of hydrogen-bond donors (Lipinski definition) is 0. The van der Waals surface area contributed by atoms with Crippen molar-refractivity contribution in [3.8, 4) is 56.0 Å². The molecule has 2 aromatic heterocycles. The molecule has 224 valence electrons. The zero-order valence-electron chi connectivity index (χ0n) is 26.1. The summed E-state index contributed by atoms with van der Waals surface area (Å²) in [6.45, 7) is 0. The van der Waals surface area contributed by atoms with E-state index in [-0.39, 0.29) is 0 Å². The summed E-state index contributed by atoms with van der Waals surface area (Å²) in [5.74, 6) is 0.703. The Morgan fingerprint density at radius 3 is 1.81 bits per heavy atom. The molecular formula is C45H29N3. The number of benzene rings is 7. The molecule has 9 rings (SSSR count). The minimum absolute atomic E-state index is 0.703. The Morgan fingerprint density at radius 1 is 0.354 bits per heavy atom. The molecule has 0 saturated carbocycles. The molecule has 0 radical (unpaired) electrons. The summed E-state index contributed by atoms with van der Waals surface area (Å²) in [7, 11) is 0. The Bertz CT molecular complexity index is 2620. The van der Waals surface area contributed by atoms with E-state index in [0.717, 1.165) is 50.0 Å². The minimum Gasteiger partial charge on any atom is -0.264 e. The average Bonchev–Trinajstić information content (AvgIpc) is 3.17. The van der Waals surface area contributed by atoms with Crippen LogP contribution in [-0.4, -0.2) is 15.0 Å². The highest BCUT2D eigenvalue weighted by atomic mass is 14.9. The smallest absolute Gasteiger partial charge is 0.160 e. The van der Waals surface area contributed by atoms with E-state index in [1.54, 1.807) is 6.20 Å². The molecule has 0 amide bonds. The average molecular weight is 612 g/mol. The van der Waals surface area contributed by atoms with Crippen molar-refractivity contribution in [1.29, 1.82) is 0 Å². The second-order valence-corrected chi connectivity index (χ2v) is 12.1. The molecule has 0 saturated heterocycles. The molecule has 0 aliphatic heterocycles. The molecule has 7 aromatic carbocycles. The van der Waals surface area contributed by atoms with Gasteiger partial charge in [-0.1, -0.05) is 133 Å². The Labute approximate surface area is 278 Å². The van der Waals surface area contributed by atoms with Gasteiger partial charge in [0, 0.05) is 40.8 Å². The van der Waals surface area contributed by atoms with E-state index < -0.39 is 0 Å². The molecule has 2 heterocycles. The summed E-state index contributed by atoms with van der Waals surface area (Å²) in [6.07, 6.45) is 5.70. The largest absolute Gasteiger partial charge is 0.264 e. The van der Waals surface area contributed by atoms with Gasteiger partial charge in [0.25, 0.3) is 0 Å². The van der Waals surface area contributed by atoms with Gasteiger partial charge in [0.2, 0.25) is 0 Å². The highest BCUT2D eigenvalue weighted by Gasteiger charge is 2.17. The lowest BCUT2D eigenvalue weighted by Crippen LogP contribution is -1.97. The predicted octanol–water partition coefficient (Wildman–Crippen LogP) is 11.7. The quantitative estimate of drug-likeness (QED) is 0.182. The van der Waals surface area contributed by atoms with Gasteiger partial charge in [0.15, 0.2) is 5.82 Å². The Morgan fingerprint density at radius 2 is 0.979 bits per heavy atom. The van der Waals surface area contributed by atoms with E-state index in [1.807, 2.05) is 18.5 Å². The normalized spacial score (nSPS) is 11.3. The van der Waals surface area contributed by atoms with E-state index in [0.29, 0.717) is 5.82 Å². The van der Waals surface area contributed by atoms with Crippen LogP contribution >= 0.6 is 0 Å². The van der Waals surface area contributed by atoms with E-state index in [4.69, 9.17) is 9.97 Å². The van der Waals surface area contributed by atoms with Gasteiger partial charge in [-0.05, 0) is 78.8 Å². The summed E-state index contributed by atoms with van der Waals surface area (Å²) in [5, 5.41) is 7.18. The van der Waals surface area contributed by atoms with Crippen LogP contribution in [0.25, 0.3) is 88.3 Å². The molecule has 0 atom stereocenters. The van der Waals surface area contributed by atoms with Gasteiger partial charge < -0.3 is 0 Å². The molecular weight excluding hydrogens is 583 g/mol. The summed E-state index contributed by atoms with van der Waals surface area (Å²) >= 11 is 0. The van der Waals surface area contributed by atoms with Crippen LogP contribution in [0.2, 0.25) is 0 Å². The fourth-order valence-electron chi connectivity index (χ4n) is 6.89. The van der Waals surface area contributed by atoms with Crippen molar-refractivity contribution in [2.24, 2.45) is 0 Å². The third-order valence-corrected chi connectivity index (χ3v) is 9.20. The van der Waals surface area contributed by atoms with Crippen molar-refractivity contribution in [3.63, 3.8) is 0 Å². The van der Waals surface area contributed by atoms with Gasteiger partial charge in [-0.2, -0.15) is 0 Å². The van der Waals surface area contributed by atoms with Crippen LogP contribution in [0.5, 0.6) is 0 Å². The zero-order chi connectivity index (χ0) is 31.9. The van der Waals surface area contributed by atoms with Gasteiger partial charge in [0.1, 0.15) is 0 Å². The Balaban J connectivity index is 1.28. The number of fused-ring (bicyclic) bond motifs is 4. The van der Waals surface area contributed by atoms with Crippen molar-refractivity contribution in [2.75, 3.05) is 0 Å². The molecule has 3 heteroatoms. The maximum atomic E-state index is 5.42. The van der Waals surface area contributed by atoms with Crippen LogP contribution in [-0.2, 0) is 0 Å². The number of hydrogen-bond acceptors (Lipinski definition) is 3. The van der Waals surface area contributed by atoms with Crippen molar-refractivity contribution in [1.82, 2.24) is 15.0 Å². The molecule has 0 fully saturated rings. The van der Waals surface area contributed by atoms with Crippen molar-refractivity contribution in [3.05, 3.63) is 176 Å². The highest BCUT2D eigenvalue weighted by Crippen LogP contribution is 2.39. The standard InChI is InChI=1S/C45H29N3/c1-3-19-37-30(11-1)13-9-23-38(37)32-15-8-17-35(26-32)44-43(33-16-7-14-31(25-33)36-18-10-24-46-28-36)29-47-45(48-44)42-27-34-12-2-4-20-39(34)40-21-5-6-22-41(40)42/h1-29H. The van der Waals surface area contributed by atoms with Gasteiger partial charge in [-0.15, -0.1) is 0 Å². The van der Waals surface area contributed by atoms with Crippen LogP contribution in [0.4, 0.5) is 0 Å². The SMILES string of the molecule is c1cncc(-c2cccc(-c3cnc(-c4cc5ccccc5c5ccccc45)nc3-c3cccc(-c4cccc5ccccc45)c3)c2)c1. The van der Waals surface area contributed by atoms with Gasteiger partial charge in [-0.3, -0.25) is 4.98 Å². The first-order valence-corrected chi connectivity index (χ1v) is 16.2. The fraction of sp³-hybridized carbons (Fsp3) is 0.